The average molecular weight is 207 g/mol. The number of carbonyl (C=O) groups is 2. The second kappa shape index (κ2) is 8.05. The van der Waals surface area contributed by atoms with Gasteiger partial charge in [-0.1, -0.05) is 0 Å². The van der Waals surface area contributed by atoms with Crippen LogP contribution in [0.1, 0.15) is 32.6 Å². The fourth-order valence-corrected chi connectivity index (χ4v) is 1.07. The maximum atomic E-state index is 11.1. The van der Waals surface area contributed by atoms with Crippen LogP contribution in [0.25, 0.3) is 0 Å². The number of alkyl halides is 1. The lowest BCUT2D eigenvalue weighted by molar-refractivity contribution is -0.145. The maximum Gasteiger partial charge on any atom is 0.313 e. The highest BCUT2D eigenvalue weighted by molar-refractivity contribution is 6.17. The SMILES string of the molecule is CCOC(=O)CC(=O)CCCCCl. The van der Waals surface area contributed by atoms with Gasteiger partial charge in [0.25, 0.3) is 0 Å². The van der Waals surface area contributed by atoms with Gasteiger partial charge in [-0.2, -0.15) is 0 Å². The van der Waals surface area contributed by atoms with Crippen molar-refractivity contribution in [1.82, 2.24) is 0 Å². The lowest BCUT2D eigenvalue weighted by atomic mass is 10.1. The lowest BCUT2D eigenvalue weighted by Gasteiger charge is -2.00. The summed E-state index contributed by atoms with van der Waals surface area (Å²) in [4.78, 5) is 21.9. The molecular formula is C9H15ClO3. The number of unbranched alkanes of at least 4 members (excludes halogenated alkanes) is 1. The maximum absolute atomic E-state index is 11.1. The molecule has 0 bridgehead atoms. The Morgan fingerprint density at radius 3 is 2.54 bits per heavy atom. The van der Waals surface area contributed by atoms with Crippen molar-refractivity contribution in [3.63, 3.8) is 0 Å². The molecule has 0 aliphatic carbocycles. The summed E-state index contributed by atoms with van der Waals surface area (Å²) in [5.41, 5.74) is 0. The molecule has 0 aromatic rings. The summed E-state index contributed by atoms with van der Waals surface area (Å²) in [6.45, 7) is 2.05. The molecule has 0 saturated heterocycles. The van der Waals surface area contributed by atoms with Gasteiger partial charge in [0.05, 0.1) is 6.61 Å². The van der Waals surface area contributed by atoms with Gasteiger partial charge in [0.15, 0.2) is 0 Å². The van der Waals surface area contributed by atoms with Gasteiger partial charge < -0.3 is 4.74 Å². The molecule has 0 radical (unpaired) electrons. The van der Waals surface area contributed by atoms with E-state index in [-0.39, 0.29) is 12.2 Å². The third kappa shape index (κ3) is 7.78. The van der Waals surface area contributed by atoms with E-state index in [1.54, 1.807) is 6.92 Å². The van der Waals surface area contributed by atoms with Crippen LogP contribution < -0.4 is 0 Å². The Morgan fingerprint density at radius 1 is 1.31 bits per heavy atom. The Bertz CT molecular complexity index is 168. The van der Waals surface area contributed by atoms with Crippen LogP contribution in [-0.2, 0) is 14.3 Å². The molecule has 0 rings (SSSR count). The Labute approximate surface area is 83.4 Å². The second-order valence-electron chi connectivity index (χ2n) is 2.67. The van der Waals surface area contributed by atoms with Crippen LogP contribution in [0.3, 0.4) is 0 Å². The van der Waals surface area contributed by atoms with E-state index in [0.29, 0.717) is 18.9 Å². The van der Waals surface area contributed by atoms with Crippen molar-refractivity contribution >= 4 is 23.4 Å². The molecule has 13 heavy (non-hydrogen) atoms. The van der Waals surface area contributed by atoms with Crippen molar-refractivity contribution in [3.05, 3.63) is 0 Å². The van der Waals surface area contributed by atoms with Crippen LogP contribution in [0.4, 0.5) is 0 Å². The largest absolute Gasteiger partial charge is 0.466 e. The molecule has 0 saturated carbocycles. The van der Waals surface area contributed by atoms with Crippen LogP contribution in [-0.4, -0.2) is 24.2 Å². The van der Waals surface area contributed by atoms with Gasteiger partial charge in [-0.15, -0.1) is 11.6 Å². The van der Waals surface area contributed by atoms with Crippen LogP contribution in [0.5, 0.6) is 0 Å². The van der Waals surface area contributed by atoms with Crippen LogP contribution in [0, 0.1) is 0 Å². The number of hydrogen-bond acceptors (Lipinski definition) is 3. The smallest absolute Gasteiger partial charge is 0.313 e. The molecular weight excluding hydrogens is 192 g/mol. The van der Waals surface area contributed by atoms with Crippen LogP contribution in [0.15, 0.2) is 0 Å². The number of hydrogen-bond donors (Lipinski definition) is 0. The highest BCUT2D eigenvalue weighted by Gasteiger charge is 2.09. The van der Waals surface area contributed by atoms with E-state index >= 15 is 0 Å². The fraction of sp³-hybridized carbons (Fsp3) is 0.778. The highest BCUT2D eigenvalue weighted by atomic mass is 35.5. The molecule has 0 unspecified atom stereocenters. The first-order chi connectivity index (χ1) is 6.20. The first-order valence-corrected chi connectivity index (χ1v) is 4.97. The van der Waals surface area contributed by atoms with Gasteiger partial charge in [-0.25, -0.2) is 0 Å². The van der Waals surface area contributed by atoms with E-state index in [0.717, 1.165) is 12.8 Å². The van der Waals surface area contributed by atoms with E-state index in [2.05, 4.69) is 4.74 Å². The molecule has 0 N–H and O–H groups in total. The zero-order chi connectivity index (χ0) is 10.1. The summed E-state index contributed by atoms with van der Waals surface area (Å²) >= 11 is 5.44. The predicted octanol–water partition coefficient (Wildman–Crippen LogP) is 1.92. The van der Waals surface area contributed by atoms with E-state index in [1.807, 2.05) is 0 Å². The number of rotatable bonds is 7. The molecule has 0 amide bonds. The zero-order valence-electron chi connectivity index (χ0n) is 7.85. The fourth-order valence-electron chi connectivity index (χ4n) is 0.878. The molecule has 0 spiro atoms. The minimum atomic E-state index is -0.432. The minimum Gasteiger partial charge on any atom is -0.466 e. The van der Waals surface area contributed by atoms with E-state index < -0.39 is 5.97 Å². The highest BCUT2D eigenvalue weighted by Crippen LogP contribution is 2.01. The number of ether oxygens (including phenoxy) is 1. The average Bonchev–Trinajstić information content (AvgIpc) is 2.05. The summed E-state index contributed by atoms with van der Waals surface area (Å²) in [5.74, 6) is 0.0640. The Morgan fingerprint density at radius 2 is 2.00 bits per heavy atom. The number of esters is 1. The summed E-state index contributed by atoms with van der Waals surface area (Å²) < 4.78 is 4.63. The summed E-state index contributed by atoms with van der Waals surface area (Å²) in [6.07, 6.45) is 1.89. The molecule has 0 fully saturated rings. The third-order valence-corrected chi connectivity index (χ3v) is 1.75. The predicted molar refractivity (Wildman–Crippen MR) is 50.8 cm³/mol. The molecule has 0 aromatic heterocycles. The van der Waals surface area contributed by atoms with Crippen molar-refractivity contribution in [2.45, 2.75) is 32.6 Å². The molecule has 4 heteroatoms. The number of ketones is 1. The molecule has 0 atom stereocenters. The van der Waals surface area contributed by atoms with Gasteiger partial charge in [-0.05, 0) is 19.8 Å². The molecule has 0 aliphatic heterocycles. The topological polar surface area (TPSA) is 43.4 Å². The van der Waals surface area contributed by atoms with E-state index in [4.69, 9.17) is 11.6 Å². The summed E-state index contributed by atoms with van der Waals surface area (Å²) in [5, 5.41) is 0. The lowest BCUT2D eigenvalue weighted by Crippen LogP contribution is -2.10. The monoisotopic (exact) mass is 206 g/mol. The molecule has 0 aliphatic rings. The third-order valence-electron chi connectivity index (χ3n) is 1.49. The van der Waals surface area contributed by atoms with Crippen LogP contribution >= 0.6 is 11.6 Å². The van der Waals surface area contributed by atoms with Crippen molar-refractivity contribution in [2.75, 3.05) is 12.5 Å². The molecule has 76 valence electrons. The minimum absolute atomic E-state index is 0.0661. The molecule has 3 nitrogen and oxygen atoms in total. The molecule has 0 heterocycles. The van der Waals surface area contributed by atoms with Crippen LogP contribution in [0.2, 0.25) is 0 Å². The quantitative estimate of drug-likeness (QED) is 0.277. The Kier molecular flexibility index (Phi) is 7.69. The van der Waals surface area contributed by atoms with Crippen molar-refractivity contribution in [1.29, 1.82) is 0 Å². The second-order valence-corrected chi connectivity index (χ2v) is 3.04. The van der Waals surface area contributed by atoms with Gasteiger partial charge in [0, 0.05) is 12.3 Å². The van der Waals surface area contributed by atoms with Gasteiger partial charge >= 0.3 is 5.97 Å². The standard InChI is InChI=1S/C9H15ClO3/c1-2-13-9(12)7-8(11)5-3-4-6-10/h2-7H2,1H3. The Hall–Kier alpha value is -0.570. The van der Waals surface area contributed by atoms with Crippen molar-refractivity contribution in [3.8, 4) is 0 Å². The summed E-state index contributed by atoms with van der Waals surface area (Å²) in [6, 6.07) is 0. The number of halogens is 1. The van der Waals surface area contributed by atoms with Gasteiger partial charge in [-0.3, -0.25) is 9.59 Å². The first-order valence-electron chi connectivity index (χ1n) is 4.44. The number of carbonyl (C=O) groups excluding carboxylic acids is 2. The van der Waals surface area contributed by atoms with Gasteiger partial charge in [0.2, 0.25) is 0 Å². The summed E-state index contributed by atoms with van der Waals surface area (Å²) in [7, 11) is 0. The van der Waals surface area contributed by atoms with Crippen molar-refractivity contribution < 1.29 is 14.3 Å². The van der Waals surface area contributed by atoms with E-state index in [1.165, 1.54) is 0 Å². The number of Topliss-reactive ketones (excluding diaryl/α,β-unsaturated/α-hetero) is 1. The zero-order valence-corrected chi connectivity index (χ0v) is 8.60. The van der Waals surface area contributed by atoms with Gasteiger partial charge in [0.1, 0.15) is 12.2 Å². The Balaban J connectivity index is 3.44. The first kappa shape index (κ1) is 12.4. The van der Waals surface area contributed by atoms with E-state index in [9.17, 15) is 9.59 Å². The van der Waals surface area contributed by atoms with Crippen molar-refractivity contribution in [2.24, 2.45) is 0 Å². The molecule has 0 aromatic carbocycles. The normalized spacial score (nSPS) is 9.69.